The van der Waals surface area contributed by atoms with Crippen LogP contribution in [0.1, 0.15) is 48.5 Å². The monoisotopic (exact) mass is 624 g/mol. The molecule has 230 valence electrons. The summed E-state index contributed by atoms with van der Waals surface area (Å²) in [6, 6.07) is 21.1. The number of ether oxygens (including phenoxy) is 1. The van der Waals surface area contributed by atoms with E-state index in [1.165, 1.54) is 5.56 Å². The van der Waals surface area contributed by atoms with Gasteiger partial charge in [-0.3, -0.25) is 9.69 Å². The van der Waals surface area contributed by atoms with Crippen LogP contribution in [-0.2, 0) is 16.1 Å². The number of aliphatic hydroxyl groups excluding tert-OH is 1. The number of likely N-dealkylation sites (N-methyl/N-ethyl adjacent to an activating group) is 1. The van der Waals surface area contributed by atoms with Gasteiger partial charge in [0.25, 0.3) is 0 Å². The largest absolute Gasteiger partial charge is 0.396 e. The Morgan fingerprint density at radius 1 is 1.00 bits per heavy atom. The Morgan fingerprint density at radius 3 is 2.35 bits per heavy atom. The Bertz CT molecular complexity index is 1320. The predicted octanol–water partition coefficient (Wildman–Crippen LogP) is 6.24. The number of carbonyl (C=O) groups is 1. The van der Waals surface area contributed by atoms with E-state index in [9.17, 15) is 9.90 Å². The molecule has 0 radical (unpaired) electrons. The number of amides is 1. The van der Waals surface area contributed by atoms with Crippen LogP contribution in [0.2, 0.25) is 10.0 Å². The number of anilines is 2. The Hall–Kier alpha value is -3.09. The van der Waals surface area contributed by atoms with Crippen molar-refractivity contribution < 1.29 is 14.6 Å². The zero-order valence-electron chi connectivity index (χ0n) is 25.0. The quantitative estimate of drug-likeness (QED) is 0.0993. The summed E-state index contributed by atoms with van der Waals surface area (Å²) < 4.78 is 5.70. The molecule has 1 unspecified atom stereocenters. The summed E-state index contributed by atoms with van der Waals surface area (Å²) in [6.45, 7) is 3.44. The fourth-order valence-corrected chi connectivity index (χ4v) is 5.01. The van der Waals surface area contributed by atoms with E-state index < -0.39 is 6.10 Å². The third-order valence-corrected chi connectivity index (χ3v) is 7.34. The van der Waals surface area contributed by atoms with Gasteiger partial charge in [-0.25, -0.2) is 0 Å². The summed E-state index contributed by atoms with van der Waals surface area (Å²) in [4.78, 5) is 15.9. The van der Waals surface area contributed by atoms with E-state index in [2.05, 4.69) is 34.2 Å². The van der Waals surface area contributed by atoms with Crippen LogP contribution in [0.3, 0.4) is 0 Å². The van der Waals surface area contributed by atoms with E-state index in [1.807, 2.05) is 61.5 Å². The van der Waals surface area contributed by atoms with Crippen LogP contribution in [0.15, 0.2) is 66.7 Å². The van der Waals surface area contributed by atoms with Crippen LogP contribution in [0.4, 0.5) is 11.4 Å². The van der Waals surface area contributed by atoms with Crippen molar-refractivity contribution in [2.75, 3.05) is 58.0 Å². The smallest absolute Gasteiger partial charge is 0.238 e. The Morgan fingerprint density at radius 2 is 1.67 bits per heavy atom. The lowest BCUT2D eigenvalue weighted by Crippen LogP contribution is -2.29. The van der Waals surface area contributed by atoms with Crippen molar-refractivity contribution in [3.63, 3.8) is 0 Å². The number of unbranched alkanes of at least 4 members (excludes halogenated alkanes) is 3. The molecule has 3 rings (SSSR count). The van der Waals surface area contributed by atoms with Crippen LogP contribution in [-0.4, -0.2) is 67.8 Å². The Kier molecular flexibility index (Phi) is 14.8. The van der Waals surface area contributed by atoms with Gasteiger partial charge < -0.3 is 25.8 Å². The van der Waals surface area contributed by atoms with E-state index in [0.717, 1.165) is 50.0 Å². The molecule has 1 atom stereocenters. The zero-order chi connectivity index (χ0) is 31.0. The highest BCUT2D eigenvalue weighted by Gasteiger charge is 2.17. The van der Waals surface area contributed by atoms with Crippen molar-refractivity contribution in [3.8, 4) is 11.8 Å². The van der Waals surface area contributed by atoms with Crippen molar-refractivity contribution in [2.45, 2.75) is 38.3 Å². The summed E-state index contributed by atoms with van der Waals surface area (Å²) in [5.41, 5.74) is 9.67. The predicted molar refractivity (Wildman–Crippen MR) is 177 cm³/mol. The number of benzene rings is 3. The molecule has 0 saturated carbocycles. The van der Waals surface area contributed by atoms with Crippen molar-refractivity contribution in [3.05, 3.63) is 93.5 Å². The molecule has 9 heteroatoms. The first-order valence-corrected chi connectivity index (χ1v) is 15.3. The molecule has 0 aliphatic carbocycles. The minimum Gasteiger partial charge on any atom is -0.396 e. The average Bonchev–Trinajstić information content (AvgIpc) is 2.97. The molecule has 0 spiro atoms. The van der Waals surface area contributed by atoms with Gasteiger partial charge >= 0.3 is 0 Å². The van der Waals surface area contributed by atoms with Gasteiger partial charge in [0.15, 0.2) is 0 Å². The maximum Gasteiger partial charge on any atom is 0.238 e. The number of halogens is 2. The number of nitrogens with zero attached hydrogens (tertiary/aromatic N) is 2. The summed E-state index contributed by atoms with van der Waals surface area (Å²) in [5.74, 6) is 6.09. The highest BCUT2D eigenvalue weighted by atomic mass is 35.5. The van der Waals surface area contributed by atoms with Gasteiger partial charge in [-0.15, -0.1) is 0 Å². The minimum atomic E-state index is -0.735. The maximum absolute atomic E-state index is 11.9. The molecule has 0 heterocycles. The Labute approximate surface area is 265 Å². The molecule has 0 fully saturated rings. The van der Waals surface area contributed by atoms with Crippen LogP contribution in [0, 0.1) is 11.8 Å². The molecule has 0 aromatic heterocycles. The molecular weight excluding hydrogens is 583 g/mol. The molecule has 3 aromatic carbocycles. The zero-order valence-corrected chi connectivity index (χ0v) is 26.5. The van der Waals surface area contributed by atoms with Gasteiger partial charge in [-0.1, -0.05) is 78.2 Å². The summed E-state index contributed by atoms with van der Waals surface area (Å²) in [6.07, 6.45) is 3.36. The lowest BCUT2D eigenvalue weighted by Gasteiger charge is -2.26. The van der Waals surface area contributed by atoms with E-state index in [0.29, 0.717) is 47.6 Å². The fraction of sp³-hybridized carbons (Fsp3) is 0.382. The number of carbonyl (C=O) groups excluding carboxylic acids is 1. The molecule has 7 nitrogen and oxygen atoms in total. The first kappa shape index (κ1) is 34.4. The summed E-state index contributed by atoms with van der Waals surface area (Å²) >= 11 is 12.4. The second-order valence-corrected chi connectivity index (χ2v) is 11.6. The highest BCUT2D eigenvalue weighted by molar-refractivity contribution is 6.38. The summed E-state index contributed by atoms with van der Waals surface area (Å²) in [7, 11) is 3.71. The van der Waals surface area contributed by atoms with Gasteiger partial charge in [0.2, 0.25) is 5.91 Å². The average molecular weight is 626 g/mol. The van der Waals surface area contributed by atoms with Crippen LogP contribution >= 0.6 is 23.2 Å². The topological polar surface area (TPSA) is 91.1 Å². The normalized spacial score (nSPS) is 11.8. The Balaban J connectivity index is 1.36. The lowest BCUT2D eigenvalue weighted by molar-refractivity contribution is -0.116. The van der Waals surface area contributed by atoms with Crippen molar-refractivity contribution in [1.82, 2.24) is 9.80 Å². The number of nitrogen functional groups attached to an aromatic ring is 1. The molecule has 43 heavy (non-hydrogen) atoms. The number of hydrogen-bond donors (Lipinski definition) is 3. The number of rotatable bonds is 16. The second-order valence-electron chi connectivity index (χ2n) is 10.8. The second kappa shape index (κ2) is 18.5. The maximum atomic E-state index is 11.9. The summed E-state index contributed by atoms with van der Waals surface area (Å²) in [5, 5.41) is 14.5. The lowest BCUT2D eigenvalue weighted by atomic mass is 10.1. The van der Waals surface area contributed by atoms with Gasteiger partial charge in [-0.2, -0.15) is 0 Å². The minimum absolute atomic E-state index is 0.0496. The third kappa shape index (κ3) is 13.0. The molecule has 4 N–H and O–H groups in total. The SMILES string of the molecule is CN(C)CC(=O)Nc1ccc(C#CCOCCCCCCN(Cc2ccccc2)CC(O)c2cc(Cl)c(N)c(Cl)c2)cc1. The molecule has 0 aliphatic rings. The number of aliphatic hydroxyl groups is 1. The van der Waals surface area contributed by atoms with Crippen LogP contribution < -0.4 is 11.1 Å². The molecule has 3 aromatic rings. The van der Waals surface area contributed by atoms with E-state index >= 15 is 0 Å². The number of nitrogens with one attached hydrogen (secondary N) is 1. The van der Waals surface area contributed by atoms with E-state index in [1.54, 1.807) is 12.1 Å². The number of nitrogens with two attached hydrogens (primary N) is 1. The van der Waals surface area contributed by atoms with E-state index in [-0.39, 0.29) is 5.91 Å². The van der Waals surface area contributed by atoms with Gasteiger partial charge in [0.05, 0.1) is 28.4 Å². The van der Waals surface area contributed by atoms with Crippen molar-refractivity contribution >= 4 is 40.5 Å². The van der Waals surface area contributed by atoms with E-state index in [4.69, 9.17) is 33.7 Å². The van der Waals surface area contributed by atoms with Gasteiger partial charge in [-0.05, 0) is 81.0 Å². The third-order valence-electron chi connectivity index (χ3n) is 6.71. The van der Waals surface area contributed by atoms with Crippen LogP contribution in [0.25, 0.3) is 0 Å². The molecule has 0 bridgehead atoms. The highest BCUT2D eigenvalue weighted by Crippen LogP contribution is 2.31. The molecule has 0 saturated heterocycles. The van der Waals surface area contributed by atoms with Crippen molar-refractivity contribution in [2.24, 2.45) is 0 Å². The first-order chi connectivity index (χ1) is 20.7. The standard InChI is InChI=1S/C34H42Cl2N4O3/c1-39(2)25-33(42)38-29-16-14-26(15-17-29)13-10-20-43-19-9-4-3-8-18-40(23-27-11-6-5-7-12-27)24-32(41)28-21-30(35)34(37)31(36)22-28/h5-7,11-12,14-17,21-22,32,41H,3-4,8-9,18-20,23-25,37H2,1-2H3,(H,38,42). The molecule has 1 amide bonds. The molecular formula is C34H42Cl2N4O3. The van der Waals surface area contributed by atoms with Crippen molar-refractivity contribution in [1.29, 1.82) is 0 Å². The van der Waals surface area contributed by atoms with Gasteiger partial charge in [0.1, 0.15) is 6.61 Å². The fourth-order valence-electron chi connectivity index (χ4n) is 4.50. The first-order valence-electron chi connectivity index (χ1n) is 14.5. The van der Waals surface area contributed by atoms with Gasteiger partial charge in [0, 0.05) is 30.9 Å². The molecule has 0 aliphatic heterocycles. The number of hydrogen-bond acceptors (Lipinski definition) is 6. The van der Waals surface area contributed by atoms with Crippen LogP contribution in [0.5, 0.6) is 0 Å².